The van der Waals surface area contributed by atoms with Crippen molar-refractivity contribution in [1.29, 1.82) is 0 Å². The Kier molecular flexibility index (Phi) is 5.31. The van der Waals surface area contributed by atoms with Crippen LogP contribution in [0.1, 0.15) is 17.0 Å². The number of aromatic hydroxyl groups is 1. The first-order chi connectivity index (χ1) is 12.5. The number of halogens is 1. The van der Waals surface area contributed by atoms with Crippen LogP contribution in [-0.2, 0) is 17.6 Å². The van der Waals surface area contributed by atoms with Crippen molar-refractivity contribution < 1.29 is 18.7 Å². The summed E-state index contributed by atoms with van der Waals surface area (Å²) in [5, 5.41) is 12.5. The maximum Gasteiger partial charge on any atom is 0.226 e. The molecule has 1 heterocycles. The molecule has 0 saturated heterocycles. The summed E-state index contributed by atoms with van der Waals surface area (Å²) in [6, 6.07) is 13.0. The van der Waals surface area contributed by atoms with Crippen LogP contribution >= 0.6 is 0 Å². The zero-order valence-electron chi connectivity index (χ0n) is 14.3. The summed E-state index contributed by atoms with van der Waals surface area (Å²) in [5.74, 6) is 0.470. The third-order valence-electron chi connectivity index (χ3n) is 4.00. The Labute approximate surface area is 150 Å². The zero-order chi connectivity index (χ0) is 18.5. The maximum atomic E-state index is 13.3. The van der Waals surface area contributed by atoms with Crippen LogP contribution in [0.4, 0.5) is 4.39 Å². The van der Waals surface area contributed by atoms with E-state index in [2.05, 4.69) is 10.3 Å². The number of carbonyl (C=O) groups excluding carboxylic acids is 1. The smallest absolute Gasteiger partial charge is 0.226 e. The highest BCUT2D eigenvalue weighted by molar-refractivity contribution is 5.78. The Morgan fingerprint density at radius 2 is 2.04 bits per heavy atom. The monoisotopic (exact) mass is 354 g/mol. The van der Waals surface area contributed by atoms with Gasteiger partial charge in [0, 0.05) is 12.1 Å². The van der Waals surface area contributed by atoms with E-state index < -0.39 is 0 Å². The van der Waals surface area contributed by atoms with Crippen LogP contribution in [0, 0.1) is 12.7 Å². The fourth-order valence-electron chi connectivity index (χ4n) is 2.61. The molecule has 0 bridgehead atoms. The topological polar surface area (TPSA) is 75.4 Å². The van der Waals surface area contributed by atoms with Crippen LogP contribution in [-0.4, -0.2) is 22.5 Å². The van der Waals surface area contributed by atoms with Gasteiger partial charge in [-0.05, 0) is 43.2 Å². The van der Waals surface area contributed by atoms with Crippen LogP contribution in [0.3, 0.4) is 0 Å². The number of aromatic nitrogens is 1. The second kappa shape index (κ2) is 7.82. The summed E-state index contributed by atoms with van der Waals surface area (Å²) in [4.78, 5) is 16.4. The van der Waals surface area contributed by atoms with Crippen molar-refractivity contribution in [2.45, 2.75) is 19.8 Å². The van der Waals surface area contributed by atoms with Gasteiger partial charge >= 0.3 is 0 Å². The van der Waals surface area contributed by atoms with Gasteiger partial charge < -0.3 is 14.8 Å². The molecule has 3 rings (SSSR count). The molecule has 0 saturated carbocycles. The summed E-state index contributed by atoms with van der Waals surface area (Å²) in [7, 11) is 0. The van der Waals surface area contributed by atoms with E-state index in [1.54, 1.807) is 31.2 Å². The molecule has 5 nitrogen and oxygen atoms in total. The minimum absolute atomic E-state index is 0.0748. The molecule has 2 N–H and O–H groups in total. The number of nitrogens with zero attached hydrogens (tertiary/aromatic N) is 1. The Bertz CT molecular complexity index is 921. The van der Waals surface area contributed by atoms with Gasteiger partial charge in [0.05, 0.1) is 12.1 Å². The first-order valence-corrected chi connectivity index (χ1v) is 8.29. The number of hydrogen-bond acceptors (Lipinski definition) is 4. The van der Waals surface area contributed by atoms with E-state index in [-0.39, 0.29) is 23.9 Å². The normalized spacial score (nSPS) is 10.7. The van der Waals surface area contributed by atoms with Gasteiger partial charge in [0.25, 0.3) is 0 Å². The van der Waals surface area contributed by atoms with Crippen LogP contribution in [0.2, 0.25) is 0 Å². The maximum absolute atomic E-state index is 13.3. The Hall–Kier alpha value is -3.15. The third-order valence-corrected chi connectivity index (χ3v) is 4.00. The van der Waals surface area contributed by atoms with Gasteiger partial charge in [-0.2, -0.15) is 0 Å². The minimum Gasteiger partial charge on any atom is -0.508 e. The van der Waals surface area contributed by atoms with Crippen molar-refractivity contribution in [3.63, 3.8) is 0 Å². The number of carbonyl (C=O) groups is 1. The molecule has 134 valence electrons. The number of para-hydroxylation sites is 1. The number of phenols is 1. The fourth-order valence-corrected chi connectivity index (χ4v) is 2.61. The molecule has 0 spiro atoms. The minimum atomic E-state index is -0.373. The third kappa shape index (κ3) is 4.27. The highest BCUT2D eigenvalue weighted by Crippen LogP contribution is 2.22. The van der Waals surface area contributed by atoms with E-state index in [9.17, 15) is 14.3 Å². The SMILES string of the molecule is Cc1oc(-c2cccc(F)c2)nc1CC(=O)NCCc1ccccc1O. The lowest BCUT2D eigenvalue weighted by atomic mass is 10.1. The molecule has 0 fully saturated rings. The van der Waals surface area contributed by atoms with E-state index in [1.807, 2.05) is 12.1 Å². The van der Waals surface area contributed by atoms with E-state index in [0.29, 0.717) is 35.9 Å². The molecule has 1 amide bonds. The van der Waals surface area contributed by atoms with E-state index in [1.165, 1.54) is 12.1 Å². The van der Waals surface area contributed by atoms with E-state index in [4.69, 9.17) is 4.42 Å². The second-order valence-corrected chi connectivity index (χ2v) is 5.94. The van der Waals surface area contributed by atoms with Gasteiger partial charge in [0.2, 0.25) is 11.8 Å². The van der Waals surface area contributed by atoms with Crippen molar-refractivity contribution in [3.8, 4) is 17.2 Å². The van der Waals surface area contributed by atoms with Crippen molar-refractivity contribution in [2.75, 3.05) is 6.54 Å². The Morgan fingerprint density at radius 1 is 1.23 bits per heavy atom. The average Bonchev–Trinajstić information content (AvgIpc) is 2.97. The summed E-state index contributed by atoms with van der Waals surface area (Å²) in [5.41, 5.74) is 1.82. The number of nitrogens with one attached hydrogen (secondary N) is 1. The molecule has 1 aromatic heterocycles. The molecule has 0 aliphatic carbocycles. The predicted octanol–water partition coefficient (Wildman–Crippen LogP) is 3.40. The van der Waals surface area contributed by atoms with Gasteiger partial charge in [0.1, 0.15) is 17.3 Å². The highest BCUT2D eigenvalue weighted by atomic mass is 19.1. The van der Waals surface area contributed by atoms with E-state index in [0.717, 1.165) is 5.56 Å². The number of amides is 1. The van der Waals surface area contributed by atoms with Crippen LogP contribution in [0.15, 0.2) is 52.9 Å². The number of oxazole rings is 1. The lowest BCUT2D eigenvalue weighted by molar-refractivity contribution is -0.120. The molecule has 0 radical (unpaired) electrons. The Morgan fingerprint density at radius 3 is 2.81 bits per heavy atom. The first kappa shape index (κ1) is 17.7. The van der Waals surface area contributed by atoms with Gasteiger partial charge in [-0.1, -0.05) is 24.3 Å². The molecule has 6 heteroatoms. The van der Waals surface area contributed by atoms with Crippen molar-refractivity contribution in [3.05, 3.63) is 71.4 Å². The highest BCUT2D eigenvalue weighted by Gasteiger charge is 2.15. The van der Waals surface area contributed by atoms with Crippen molar-refractivity contribution in [1.82, 2.24) is 10.3 Å². The van der Waals surface area contributed by atoms with Gasteiger partial charge in [0.15, 0.2) is 0 Å². The van der Waals surface area contributed by atoms with Gasteiger partial charge in [-0.25, -0.2) is 9.37 Å². The molecule has 0 aliphatic rings. The van der Waals surface area contributed by atoms with Crippen LogP contribution in [0.25, 0.3) is 11.5 Å². The first-order valence-electron chi connectivity index (χ1n) is 8.29. The lowest BCUT2D eigenvalue weighted by Gasteiger charge is -2.06. The quantitative estimate of drug-likeness (QED) is 0.711. The van der Waals surface area contributed by atoms with Crippen LogP contribution < -0.4 is 5.32 Å². The van der Waals surface area contributed by atoms with Crippen molar-refractivity contribution in [2.24, 2.45) is 0 Å². The molecular weight excluding hydrogens is 335 g/mol. The molecule has 2 aromatic carbocycles. The van der Waals surface area contributed by atoms with Gasteiger partial charge in [-0.3, -0.25) is 4.79 Å². The Balaban J connectivity index is 1.58. The summed E-state index contributed by atoms with van der Waals surface area (Å²) in [6.07, 6.45) is 0.607. The van der Waals surface area contributed by atoms with Gasteiger partial charge in [-0.15, -0.1) is 0 Å². The molecule has 26 heavy (non-hydrogen) atoms. The number of aryl methyl sites for hydroxylation is 1. The summed E-state index contributed by atoms with van der Waals surface area (Å²) < 4.78 is 18.9. The number of hydrogen-bond donors (Lipinski definition) is 2. The van der Waals surface area contributed by atoms with E-state index >= 15 is 0 Å². The summed E-state index contributed by atoms with van der Waals surface area (Å²) >= 11 is 0. The molecule has 0 atom stereocenters. The number of benzene rings is 2. The number of rotatable bonds is 6. The molecule has 3 aromatic rings. The summed E-state index contributed by atoms with van der Waals surface area (Å²) in [6.45, 7) is 2.13. The largest absolute Gasteiger partial charge is 0.508 e. The molecular formula is C20H19FN2O3. The number of phenolic OH excluding ortho intramolecular Hbond substituents is 1. The second-order valence-electron chi connectivity index (χ2n) is 5.94. The molecule has 0 unspecified atom stereocenters. The average molecular weight is 354 g/mol. The van der Waals surface area contributed by atoms with Crippen LogP contribution in [0.5, 0.6) is 5.75 Å². The lowest BCUT2D eigenvalue weighted by Crippen LogP contribution is -2.27. The molecule has 0 aliphatic heterocycles. The predicted molar refractivity (Wildman–Crippen MR) is 95.2 cm³/mol. The van der Waals surface area contributed by atoms with Crippen molar-refractivity contribution >= 4 is 5.91 Å². The zero-order valence-corrected chi connectivity index (χ0v) is 14.3. The standard InChI is InChI=1S/C20H19FN2O3/c1-13-17(23-20(26-13)15-6-4-7-16(21)11-15)12-19(25)22-10-9-14-5-2-3-8-18(14)24/h2-8,11,24H,9-10,12H2,1H3,(H,22,25). The fraction of sp³-hybridized carbons (Fsp3) is 0.200.